The Hall–Kier alpha value is -2.94. The maximum Gasteiger partial charge on any atom is 0.0796 e. The van der Waals surface area contributed by atoms with Crippen molar-refractivity contribution >= 4 is 51.8 Å². The molecule has 1 heterocycles. The molecule has 0 aliphatic carbocycles. The number of hydrogen-bond acceptors (Lipinski definition) is 1. The van der Waals surface area contributed by atoms with Crippen molar-refractivity contribution in [1.29, 1.82) is 0 Å². The van der Waals surface area contributed by atoms with E-state index in [4.69, 9.17) is 4.42 Å². The van der Waals surface area contributed by atoms with E-state index in [1.807, 2.05) is 18.2 Å². The van der Waals surface area contributed by atoms with E-state index < -0.39 is 0 Å². The van der Waals surface area contributed by atoms with Crippen molar-refractivity contribution in [2.75, 3.05) is 0 Å². The summed E-state index contributed by atoms with van der Waals surface area (Å²) >= 11 is 1.74. The van der Waals surface area contributed by atoms with E-state index in [0.29, 0.717) is 0 Å². The van der Waals surface area contributed by atoms with Crippen molar-refractivity contribution in [3.63, 3.8) is 0 Å². The molecule has 5 heteroatoms. The summed E-state index contributed by atoms with van der Waals surface area (Å²) < 4.78 is 5.49. The SMILES string of the molecule is C[Si](C)=[Zr+2].Cc1cc2c(-c3ccccc3)cccc2[cH-]1.Cl.Cl.c1ccc(-c2cccc3[cH-]c(-c4ccco4)cc23)cc1. The van der Waals surface area contributed by atoms with Gasteiger partial charge in [-0.25, -0.2) is 0 Å². The van der Waals surface area contributed by atoms with Gasteiger partial charge >= 0.3 is 41.9 Å². The minimum absolute atomic E-state index is 0. The molecular formula is C37H34Cl2OSiZr. The third kappa shape index (κ3) is 8.33. The number of fused-ring (bicyclic) bond motifs is 2. The molecule has 6 aromatic carbocycles. The van der Waals surface area contributed by atoms with Crippen LogP contribution in [0.3, 0.4) is 0 Å². The minimum Gasteiger partial charge on any atom is -0.499 e. The Morgan fingerprint density at radius 2 is 1.10 bits per heavy atom. The number of rotatable bonds is 3. The number of aryl methyl sites for hydroxylation is 1. The maximum absolute atomic E-state index is 5.49. The van der Waals surface area contributed by atoms with Crippen LogP contribution in [0.15, 0.2) is 144 Å². The molecule has 42 heavy (non-hydrogen) atoms. The van der Waals surface area contributed by atoms with Crippen LogP contribution in [0, 0.1) is 6.92 Å². The molecule has 0 fully saturated rings. The van der Waals surface area contributed by atoms with Gasteiger partial charge in [0.1, 0.15) is 0 Å². The third-order valence-electron chi connectivity index (χ3n) is 6.62. The smallest absolute Gasteiger partial charge is 0.0796 e. The van der Waals surface area contributed by atoms with Gasteiger partial charge in [-0.05, 0) is 17.2 Å². The largest absolute Gasteiger partial charge is 0.499 e. The molecule has 0 amide bonds. The molecule has 0 spiro atoms. The van der Waals surface area contributed by atoms with Crippen molar-refractivity contribution in [3.8, 4) is 33.6 Å². The van der Waals surface area contributed by atoms with Gasteiger partial charge in [0.25, 0.3) is 0 Å². The standard InChI is InChI=1S/C19H13O.C16H13.C2H6Si.2ClH.Zr/c1-2-6-14(7-3-1)17-9-4-8-15-12-16(13-18(15)17)19-10-5-11-20-19;1-12-10-14-8-5-9-15(16(14)11-12)13-6-3-2-4-7-13;1-3-2;;;/h1-13H;2-11H,1H3;1-2H3;2*1H;/q2*-1;;;;+2. The fourth-order valence-electron chi connectivity index (χ4n) is 4.94. The summed E-state index contributed by atoms with van der Waals surface area (Å²) in [6, 6.07) is 46.8. The molecule has 0 atom stereocenters. The summed E-state index contributed by atoms with van der Waals surface area (Å²) in [5, 5.41) is 5.20. The van der Waals surface area contributed by atoms with Crippen molar-refractivity contribution in [2.24, 2.45) is 0 Å². The third-order valence-corrected chi connectivity index (χ3v) is 6.62. The molecule has 1 aromatic heterocycles. The summed E-state index contributed by atoms with van der Waals surface area (Å²) in [4.78, 5) is 0. The molecule has 0 bridgehead atoms. The van der Waals surface area contributed by atoms with E-state index in [2.05, 4.69) is 135 Å². The van der Waals surface area contributed by atoms with Gasteiger partial charge in [0, 0.05) is 0 Å². The quantitative estimate of drug-likeness (QED) is 0.133. The van der Waals surface area contributed by atoms with Gasteiger partial charge in [-0.1, -0.05) is 109 Å². The Kier molecular flexibility index (Phi) is 12.8. The summed E-state index contributed by atoms with van der Waals surface area (Å²) in [5.74, 6) is 0.917. The Labute approximate surface area is 276 Å². The predicted molar refractivity (Wildman–Crippen MR) is 184 cm³/mol. The molecule has 7 rings (SSSR count). The van der Waals surface area contributed by atoms with E-state index in [9.17, 15) is 0 Å². The minimum atomic E-state index is 0. The first-order valence-electron chi connectivity index (χ1n) is 13.5. The molecule has 210 valence electrons. The van der Waals surface area contributed by atoms with Crippen molar-refractivity contribution in [2.45, 2.75) is 20.0 Å². The second kappa shape index (κ2) is 16.1. The number of benzene rings is 4. The topological polar surface area (TPSA) is 13.1 Å². The van der Waals surface area contributed by atoms with E-state index in [1.165, 1.54) is 49.4 Å². The van der Waals surface area contributed by atoms with Crippen LogP contribution in [0.5, 0.6) is 0 Å². The first-order valence-corrected chi connectivity index (χ1v) is 19.7. The number of furan rings is 1. The van der Waals surface area contributed by atoms with Crippen LogP contribution in [0.2, 0.25) is 13.1 Å². The molecule has 0 saturated carbocycles. The normalized spacial score (nSPS) is 10.0. The summed E-state index contributed by atoms with van der Waals surface area (Å²) in [6.45, 7) is 6.76. The molecule has 0 saturated heterocycles. The molecule has 0 radical (unpaired) electrons. The average Bonchev–Trinajstić information content (AvgIpc) is 3.72. The first-order chi connectivity index (χ1) is 19.5. The van der Waals surface area contributed by atoms with Gasteiger partial charge in [-0.3, -0.25) is 0 Å². The Morgan fingerprint density at radius 1 is 0.595 bits per heavy atom. The van der Waals surface area contributed by atoms with E-state index in [1.54, 1.807) is 29.6 Å². The molecule has 0 aliphatic heterocycles. The van der Waals surface area contributed by atoms with Crippen molar-refractivity contribution in [1.82, 2.24) is 0 Å². The van der Waals surface area contributed by atoms with Crippen LogP contribution in [0.25, 0.3) is 55.1 Å². The van der Waals surface area contributed by atoms with Crippen LogP contribution in [0.1, 0.15) is 5.56 Å². The number of hydrogen-bond donors (Lipinski definition) is 0. The number of halogens is 2. The fourth-order valence-corrected chi connectivity index (χ4v) is 4.94. The summed E-state index contributed by atoms with van der Waals surface area (Å²) in [5.41, 5.74) is 7.80. The van der Waals surface area contributed by atoms with E-state index in [-0.39, 0.29) is 30.2 Å². The van der Waals surface area contributed by atoms with Crippen LogP contribution >= 0.6 is 24.8 Å². The van der Waals surface area contributed by atoms with Crippen LogP contribution in [-0.4, -0.2) is 5.43 Å². The van der Waals surface area contributed by atoms with E-state index >= 15 is 0 Å². The summed E-state index contributed by atoms with van der Waals surface area (Å²) in [6.07, 6.45) is 1.71. The summed E-state index contributed by atoms with van der Waals surface area (Å²) in [7, 11) is 0. The molecule has 0 aliphatic rings. The first kappa shape index (κ1) is 33.6. The second-order valence-electron chi connectivity index (χ2n) is 10.1. The average molecular weight is 685 g/mol. The molecule has 0 N–H and O–H groups in total. The van der Waals surface area contributed by atoms with Gasteiger partial charge in [0.05, 0.1) is 12.0 Å². The second-order valence-corrected chi connectivity index (χ2v) is 19.5. The molecule has 1 nitrogen and oxygen atoms in total. The maximum atomic E-state index is 5.49. The molecule has 7 aromatic rings. The zero-order chi connectivity index (χ0) is 27.9. The van der Waals surface area contributed by atoms with Crippen LogP contribution in [-0.2, 0) is 23.3 Å². The van der Waals surface area contributed by atoms with Gasteiger partial charge in [-0.2, -0.15) is 6.07 Å². The van der Waals surface area contributed by atoms with Crippen molar-refractivity contribution in [3.05, 3.63) is 145 Å². The van der Waals surface area contributed by atoms with Gasteiger partial charge < -0.3 is 4.42 Å². The predicted octanol–water partition coefficient (Wildman–Crippen LogP) is 11.6. The van der Waals surface area contributed by atoms with Crippen LogP contribution in [0.4, 0.5) is 0 Å². The Balaban J connectivity index is 0.000000200. The fraction of sp³-hybridized carbons (Fsp3) is 0.0811. The molecular weight excluding hydrogens is 651 g/mol. The molecule has 0 unspecified atom stereocenters. The Bertz CT molecular complexity index is 1830. The Morgan fingerprint density at radius 3 is 1.60 bits per heavy atom. The van der Waals surface area contributed by atoms with Crippen LogP contribution < -0.4 is 0 Å². The van der Waals surface area contributed by atoms with Gasteiger partial charge in [-0.15, -0.1) is 88.3 Å². The zero-order valence-electron chi connectivity index (χ0n) is 24.0. The van der Waals surface area contributed by atoms with E-state index in [0.717, 1.165) is 11.3 Å². The zero-order valence-corrected chi connectivity index (χ0v) is 29.1. The van der Waals surface area contributed by atoms with Gasteiger partial charge in [0.2, 0.25) is 0 Å². The van der Waals surface area contributed by atoms with Crippen molar-refractivity contribution < 1.29 is 27.8 Å². The van der Waals surface area contributed by atoms with Gasteiger partial charge in [0.15, 0.2) is 0 Å². The monoisotopic (exact) mass is 682 g/mol.